The minimum absolute atomic E-state index is 0.0845. The van der Waals surface area contributed by atoms with Crippen molar-refractivity contribution in [3.63, 3.8) is 0 Å². The SMILES string of the molecule is CCN(CC(C)CSc1ccc(Br)cc1)C(=O)C(C)C. The van der Waals surface area contributed by atoms with E-state index in [1.54, 1.807) is 0 Å². The molecule has 1 unspecified atom stereocenters. The van der Waals surface area contributed by atoms with Crippen molar-refractivity contribution in [3.8, 4) is 0 Å². The Hall–Kier alpha value is -0.480. The molecule has 0 radical (unpaired) electrons. The minimum atomic E-state index is 0.0845. The van der Waals surface area contributed by atoms with E-state index in [-0.39, 0.29) is 11.8 Å². The summed E-state index contributed by atoms with van der Waals surface area (Å²) in [6, 6.07) is 8.37. The molecular weight excluding hydrogens is 334 g/mol. The third-order valence-corrected chi connectivity index (χ3v) is 4.94. The Kier molecular flexibility index (Phi) is 7.67. The van der Waals surface area contributed by atoms with Crippen LogP contribution in [0, 0.1) is 11.8 Å². The zero-order valence-electron chi connectivity index (χ0n) is 12.7. The fourth-order valence-corrected chi connectivity index (χ4v) is 3.11. The third kappa shape index (κ3) is 5.88. The van der Waals surface area contributed by atoms with Crippen LogP contribution >= 0.6 is 27.7 Å². The van der Waals surface area contributed by atoms with Gasteiger partial charge in [-0.1, -0.05) is 36.7 Å². The number of carbonyl (C=O) groups excluding carboxylic acids is 1. The highest BCUT2D eigenvalue weighted by Crippen LogP contribution is 2.23. The summed E-state index contributed by atoms with van der Waals surface area (Å²) in [5.74, 6) is 1.87. The van der Waals surface area contributed by atoms with Crippen molar-refractivity contribution in [2.75, 3.05) is 18.8 Å². The molecule has 0 N–H and O–H groups in total. The van der Waals surface area contributed by atoms with Crippen molar-refractivity contribution in [3.05, 3.63) is 28.7 Å². The summed E-state index contributed by atoms with van der Waals surface area (Å²) in [5, 5.41) is 0. The topological polar surface area (TPSA) is 20.3 Å². The van der Waals surface area contributed by atoms with Gasteiger partial charge in [-0.2, -0.15) is 0 Å². The number of amides is 1. The lowest BCUT2D eigenvalue weighted by Gasteiger charge is -2.26. The van der Waals surface area contributed by atoms with Crippen molar-refractivity contribution in [1.29, 1.82) is 0 Å². The maximum Gasteiger partial charge on any atom is 0.225 e. The molecule has 1 amide bonds. The van der Waals surface area contributed by atoms with Gasteiger partial charge in [0.1, 0.15) is 0 Å². The lowest BCUT2D eigenvalue weighted by Crippen LogP contribution is -2.37. The first kappa shape index (κ1) is 17.6. The standard InChI is InChI=1S/C16H24BrNOS/c1-5-18(16(19)12(2)3)10-13(4)11-20-15-8-6-14(17)7-9-15/h6-9,12-13H,5,10-11H2,1-4H3. The summed E-state index contributed by atoms with van der Waals surface area (Å²) in [6.45, 7) is 9.83. The van der Waals surface area contributed by atoms with Crippen molar-refractivity contribution in [2.24, 2.45) is 11.8 Å². The summed E-state index contributed by atoms with van der Waals surface area (Å²) < 4.78 is 1.11. The molecule has 1 aromatic rings. The molecule has 0 saturated heterocycles. The highest BCUT2D eigenvalue weighted by Gasteiger charge is 2.17. The molecule has 1 aromatic carbocycles. The summed E-state index contributed by atoms with van der Waals surface area (Å²) in [6.07, 6.45) is 0. The molecule has 0 aliphatic carbocycles. The minimum Gasteiger partial charge on any atom is -0.342 e. The van der Waals surface area contributed by atoms with E-state index in [2.05, 4.69) is 54.0 Å². The van der Waals surface area contributed by atoms with E-state index >= 15 is 0 Å². The van der Waals surface area contributed by atoms with E-state index in [4.69, 9.17) is 0 Å². The number of benzene rings is 1. The Morgan fingerprint density at radius 2 is 1.85 bits per heavy atom. The summed E-state index contributed by atoms with van der Waals surface area (Å²) in [5.41, 5.74) is 0. The average Bonchev–Trinajstić information content (AvgIpc) is 2.43. The van der Waals surface area contributed by atoms with Gasteiger partial charge < -0.3 is 4.90 Å². The predicted octanol–water partition coefficient (Wildman–Crippen LogP) is 4.68. The molecule has 0 fully saturated rings. The second-order valence-electron chi connectivity index (χ2n) is 5.40. The van der Waals surface area contributed by atoms with E-state index in [9.17, 15) is 4.79 Å². The number of carbonyl (C=O) groups is 1. The highest BCUT2D eigenvalue weighted by molar-refractivity contribution is 9.10. The van der Waals surface area contributed by atoms with Gasteiger partial charge >= 0.3 is 0 Å². The van der Waals surface area contributed by atoms with E-state index in [1.807, 2.05) is 30.5 Å². The highest BCUT2D eigenvalue weighted by atomic mass is 79.9. The zero-order chi connectivity index (χ0) is 15.1. The van der Waals surface area contributed by atoms with Crippen LogP contribution in [-0.4, -0.2) is 29.6 Å². The number of hydrogen-bond acceptors (Lipinski definition) is 2. The van der Waals surface area contributed by atoms with Crippen LogP contribution in [0.2, 0.25) is 0 Å². The van der Waals surface area contributed by atoms with Crippen LogP contribution in [0.25, 0.3) is 0 Å². The second kappa shape index (κ2) is 8.73. The van der Waals surface area contributed by atoms with Crippen LogP contribution in [0.1, 0.15) is 27.7 Å². The molecule has 20 heavy (non-hydrogen) atoms. The fourth-order valence-electron chi connectivity index (χ4n) is 1.94. The molecule has 1 atom stereocenters. The molecule has 0 spiro atoms. The Morgan fingerprint density at radius 3 is 2.35 bits per heavy atom. The van der Waals surface area contributed by atoms with Crippen molar-refractivity contribution < 1.29 is 4.79 Å². The monoisotopic (exact) mass is 357 g/mol. The fraction of sp³-hybridized carbons (Fsp3) is 0.562. The van der Waals surface area contributed by atoms with Crippen molar-refractivity contribution in [1.82, 2.24) is 4.90 Å². The molecule has 1 rings (SSSR count). The van der Waals surface area contributed by atoms with E-state index in [1.165, 1.54) is 4.90 Å². The van der Waals surface area contributed by atoms with Crippen LogP contribution in [0.4, 0.5) is 0 Å². The van der Waals surface area contributed by atoms with Gasteiger partial charge in [-0.3, -0.25) is 4.79 Å². The number of halogens is 1. The van der Waals surface area contributed by atoms with E-state index < -0.39 is 0 Å². The average molecular weight is 358 g/mol. The van der Waals surface area contributed by atoms with Crippen LogP contribution < -0.4 is 0 Å². The summed E-state index contributed by atoms with van der Waals surface area (Å²) >= 11 is 5.29. The van der Waals surface area contributed by atoms with Gasteiger partial charge in [-0.15, -0.1) is 11.8 Å². The van der Waals surface area contributed by atoms with Gasteiger partial charge in [0.05, 0.1) is 0 Å². The molecular formula is C16H24BrNOS. The molecule has 0 aromatic heterocycles. The van der Waals surface area contributed by atoms with Gasteiger partial charge in [0.15, 0.2) is 0 Å². The van der Waals surface area contributed by atoms with Gasteiger partial charge in [0, 0.05) is 34.1 Å². The zero-order valence-corrected chi connectivity index (χ0v) is 15.1. The maximum absolute atomic E-state index is 12.0. The van der Waals surface area contributed by atoms with E-state index in [0.717, 1.165) is 23.3 Å². The van der Waals surface area contributed by atoms with Gasteiger partial charge in [0.2, 0.25) is 5.91 Å². The Morgan fingerprint density at radius 1 is 1.25 bits per heavy atom. The third-order valence-electron chi connectivity index (χ3n) is 3.07. The Balaban J connectivity index is 2.44. The predicted molar refractivity (Wildman–Crippen MR) is 91.1 cm³/mol. The molecule has 4 heteroatoms. The Labute approximate surface area is 135 Å². The first-order valence-corrected chi connectivity index (χ1v) is 8.89. The van der Waals surface area contributed by atoms with Gasteiger partial charge in [0.25, 0.3) is 0 Å². The largest absolute Gasteiger partial charge is 0.342 e. The first-order chi connectivity index (χ1) is 9.43. The number of hydrogen-bond donors (Lipinski definition) is 0. The smallest absolute Gasteiger partial charge is 0.225 e. The lowest BCUT2D eigenvalue weighted by molar-refractivity contribution is -0.134. The number of rotatable bonds is 7. The lowest BCUT2D eigenvalue weighted by atomic mass is 10.1. The van der Waals surface area contributed by atoms with Crippen LogP contribution in [0.3, 0.4) is 0 Å². The van der Waals surface area contributed by atoms with Crippen LogP contribution in [0.5, 0.6) is 0 Å². The molecule has 0 aliphatic heterocycles. The quantitative estimate of drug-likeness (QED) is 0.660. The van der Waals surface area contributed by atoms with E-state index in [0.29, 0.717) is 5.92 Å². The van der Waals surface area contributed by atoms with Crippen molar-refractivity contribution in [2.45, 2.75) is 32.6 Å². The summed E-state index contributed by atoms with van der Waals surface area (Å²) in [7, 11) is 0. The first-order valence-electron chi connectivity index (χ1n) is 7.11. The number of nitrogens with zero attached hydrogens (tertiary/aromatic N) is 1. The van der Waals surface area contributed by atoms with Gasteiger partial charge in [-0.05, 0) is 37.1 Å². The summed E-state index contributed by atoms with van der Waals surface area (Å²) in [4.78, 5) is 15.3. The molecule has 112 valence electrons. The molecule has 0 heterocycles. The second-order valence-corrected chi connectivity index (χ2v) is 7.41. The van der Waals surface area contributed by atoms with Crippen molar-refractivity contribution >= 4 is 33.6 Å². The maximum atomic E-state index is 12.0. The molecule has 2 nitrogen and oxygen atoms in total. The Bertz CT molecular complexity index is 419. The van der Waals surface area contributed by atoms with Crippen LogP contribution in [0.15, 0.2) is 33.6 Å². The van der Waals surface area contributed by atoms with Crippen LogP contribution in [-0.2, 0) is 4.79 Å². The van der Waals surface area contributed by atoms with Gasteiger partial charge in [-0.25, -0.2) is 0 Å². The molecule has 0 saturated carbocycles. The normalized spacial score (nSPS) is 12.5. The molecule has 0 bridgehead atoms. The molecule has 0 aliphatic rings. The number of thioether (sulfide) groups is 1.